The fourth-order valence-electron chi connectivity index (χ4n) is 1.80. The Bertz CT molecular complexity index is 396. The fraction of sp³-hybridized carbons (Fsp3) is 0.833. The maximum absolute atomic E-state index is 12.1. The lowest BCUT2D eigenvalue weighted by Gasteiger charge is -2.22. The molecular weight excluding hydrogens is 259 g/mol. The molecule has 0 aromatic carbocycles. The van der Waals surface area contributed by atoms with Crippen LogP contribution < -0.4 is 5.73 Å². The molecule has 0 radical (unpaired) electrons. The predicted molar refractivity (Wildman–Crippen MR) is 64.5 cm³/mol. The summed E-state index contributed by atoms with van der Waals surface area (Å²) < 4.78 is 41.3. The molecule has 0 aliphatic rings. The molecule has 2 N–H and O–H groups in total. The lowest BCUT2D eigenvalue weighted by Crippen LogP contribution is -2.19. The largest absolute Gasteiger partial charge is 0.389 e. The molecule has 19 heavy (non-hydrogen) atoms. The minimum Gasteiger partial charge on any atom is -0.339 e. The monoisotopic (exact) mass is 279 g/mol. The van der Waals surface area contributed by atoms with Crippen LogP contribution in [0, 0.1) is 5.41 Å². The molecule has 0 saturated heterocycles. The maximum atomic E-state index is 12.1. The first kappa shape index (κ1) is 15.9. The van der Waals surface area contributed by atoms with Gasteiger partial charge >= 0.3 is 6.18 Å². The van der Waals surface area contributed by atoms with Gasteiger partial charge in [0.1, 0.15) is 0 Å². The van der Waals surface area contributed by atoms with E-state index in [1.54, 1.807) is 0 Å². The smallest absolute Gasteiger partial charge is 0.339 e. The molecule has 0 saturated carbocycles. The molecule has 0 aliphatic carbocycles. The average molecular weight is 279 g/mol. The second-order valence-corrected chi connectivity index (χ2v) is 5.86. The standard InChI is InChI=1S/C12H20F3N3O/c1-11(2,3)6-8(7-16)10-17-9(18-19-10)4-5-12(13,14)15/h8H,4-7,16H2,1-3H3. The van der Waals surface area contributed by atoms with Gasteiger partial charge in [0.2, 0.25) is 5.89 Å². The van der Waals surface area contributed by atoms with Crippen LogP contribution in [0.4, 0.5) is 13.2 Å². The van der Waals surface area contributed by atoms with Gasteiger partial charge in [0.15, 0.2) is 5.82 Å². The summed E-state index contributed by atoms with van der Waals surface area (Å²) in [5, 5.41) is 3.58. The molecule has 1 aromatic heterocycles. The van der Waals surface area contributed by atoms with E-state index in [0.29, 0.717) is 12.4 Å². The lowest BCUT2D eigenvalue weighted by molar-refractivity contribution is -0.134. The number of hydrogen-bond acceptors (Lipinski definition) is 4. The predicted octanol–water partition coefficient (Wildman–Crippen LogP) is 3.04. The van der Waals surface area contributed by atoms with Crippen molar-refractivity contribution in [3.05, 3.63) is 11.7 Å². The van der Waals surface area contributed by atoms with Gasteiger partial charge in [-0.25, -0.2) is 0 Å². The number of rotatable bonds is 5. The summed E-state index contributed by atoms with van der Waals surface area (Å²) in [7, 11) is 0. The highest BCUT2D eigenvalue weighted by atomic mass is 19.4. The number of aromatic nitrogens is 2. The van der Waals surface area contributed by atoms with Gasteiger partial charge in [-0.05, 0) is 11.8 Å². The summed E-state index contributed by atoms with van der Waals surface area (Å²) in [5.41, 5.74) is 5.69. The third-order valence-corrected chi connectivity index (χ3v) is 2.61. The van der Waals surface area contributed by atoms with Crippen molar-refractivity contribution in [3.8, 4) is 0 Å². The van der Waals surface area contributed by atoms with Gasteiger partial charge in [-0.15, -0.1) is 0 Å². The van der Waals surface area contributed by atoms with Crippen LogP contribution >= 0.6 is 0 Å². The molecule has 1 unspecified atom stereocenters. The number of nitrogens with two attached hydrogens (primary N) is 1. The SMILES string of the molecule is CC(C)(C)CC(CN)c1nc(CCC(F)(F)F)no1. The Hall–Kier alpha value is -1.11. The molecule has 0 bridgehead atoms. The Morgan fingerprint density at radius 2 is 1.89 bits per heavy atom. The second kappa shape index (κ2) is 5.90. The molecule has 1 atom stereocenters. The Kier molecular flexibility index (Phi) is 4.95. The van der Waals surface area contributed by atoms with Crippen molar-refractivity contribution < 1.29 is 17.7 Å². The molecule has 0 amide bonds. The van der Waals surface area contributed by atoms with E-state index < -0.39 is 12.6 Å². The minimum atomic E-state index is -4.21. The first-order valence-electron chi connectivity index (χ1n) is 6.20. The van der Waals surface area contributed by atoms with Gasteiger partial charge in [0, 0.05) is 13.0 Å². The topological polar surface area (TPSA) is 64.9 Å². The van der Waals surface area contributed by atoms with Crippen molar-refractivity contribution in [1.82, 2.24) is 10.1 Å². The van der Waals surface area contributed by atoms with Crippen LogP contribution in [0.2, 0.25) is 0 Å². The van der Waals surface area contributed by atoms with Gasteiger partial charge in [0.25, 0.3) is 0 Å². The molecule has 0 spiro atoms. The van der Waals surface area contributed by atoms with E-state index in [0.717, 1.165) is 6.42 Å². The number of aryl methyl sites for hydroxylation is 1. The van der Waals surface area contributed by atoms with Crippen LogP contribution in [-0.4, -0.2) is 22.9 Å². The Morgan fingerprint density at radius 3 is 2.37 bits per heavy atom. The van der Waals surface area contributed by atoms with Crippen molar-refractivity contribution in [2.24, 2.45) is 11.1 Å². The Balaban J connectivity index is 2.66. The van der Waals surface area contributed by atoms with Crippen molar-refractivity contribution >= 4 is 0 Å². The van der Waals surface area contributed by atoms with E-state index in [4.69, 9.17) is 10.3 Å². The molecular formula is C12H20F3N3O. The van der Waals surface area contributed by atoms with Gasteiger partial charge in [-0.3, -0.25) is 0 Å². The van der Waals surface area contributed by atoms with Crippen molar-refractivity contribution in [2.45, 2.75) is 52.1 Å². The van der Waals surface area contributed by atoms with E-state index in [1.807, 2.05) is 0 Å². The van der Waals surface area contributed by atoms with Gasteiger partial charge in [-0.2, -0.15) is 18.2 Å². The summed E-state index contributed by atoms with van der Waals surface area (Å²) in [5.74, 6) is 0.293. The summed E-state index contributed by atoms with van der Waals surface area (Å²) in [4.78, 5) is 4.01. The average Bonchev–Trinajstić information content (AvgIpc) is 2.69. The second-order valence-electron chi connectivity index (χ2n) is 5.86. The summed E-state index contributed by atoms with van der Waals surface area (Å²) in [6.45, 7) is 6.49. The zero-order chi connectivity index (χ0) is 14.7. The summed E-state index contributed by atoms with van der Waals surface area (Å²) >= 11 is 0. The van der Waals surface area contributed by atoms with Crippen molar-refractivity contribution in [3.63, 3.8) is 0 Å². The minimum absolute atomic E-state index is 0.0324. The third kappa shape index (κ3) is 6.04. The van der Waals surface area contributed by atoms with Gasteiger partial charge in [-0.1, -0.05) is 25.9 Å². The first-order valence-corrected chi connectivity index (χ1v) is 6.20. The van der Waals surface area contributed by atoms with Gasteiger partial charge < -0.3 is 10.3 Å². The molecule has 1 heterocycles. The summed E-state index contributed by atoms with van der Waals surface area (Å²) in [6, 6.07) is 0. The van der Waals surface area contributed by atoms with Crippen molar-refractivity contribution in [1.29, 1.82) is 0 Å². The zero-order valence-corrected chi connectivity index (χ0v) is 11.4. The highest BCUT2D eigenvalue weighted by molar-refractivity contribution is 4.96. The van der Waals surface area contributed by atoms with E-state index in [2.05, 4.69) is 30.9 Å². The van der Waals surface area contributed by atoms with Crippen LogP contribution in [0.1, 0.15) is 51.2 Å². The van der Waals surface area contributed by atoms with Crippen molar-refractivity contribution in [2.75, 3.05) is 6.54 Å². The lowest BCUT2D eigenvalue weighted by atomic mass is 9.84. The van der Waals surface area contributed by atoms with E-state index in [9.17, 15) is 13.2 Å². The highest BCUT2D eigenvalue weighted by Gasteiger charge is 2.28. The molecule has 0 aliphatic heterocycles. The Morgan fingerprint density at radius 1 is 1.26 bits per heavy atom. The fourth-order valence-corrected chi connectivity index (χ4v) is 1.80. The number of halogens is 3. The highest BCUT2D eigenvalue weighted by Crippen LogP contribution is 2.30. The third-order valence-electron chi connectivity index (χ3n) is 2.61. The first-order chi connectivity index (χ1) is 8.61. The van der Waals surface area contributed by atoms with Crippen LogP contribution in [-0.2, 0) is 6.42 Å². The van der Waals surface area contributed by atoms with Crippen LogP contribution in [0.3, 0.4) is 0 Å². The molecule has 4 nitrogen and oxygen atoms in total. The van der Waals surface area contributed by atoms with Gasteiger partial charge in [0.05, 0.1) is 12.3 Å². The molecule has 1 aromatic rings. The van der Waals surface area contributed by atoms with E-state index in [-0.39, 0.29) is 23.6 Å². The van der Waals surface area contributed by atoms with Crippen LogP contribution in [0.5, 0.6) is 0 Å². The number of hydrogen-bond donors (Lipinski definition) is 1. The molecule has 1 rings (SSSR count). The maximum Gasteiger partial charge on any atom is 0.389 e. The number of alkyl halides is 3. The summed E-state index contributed by atoms with van der Waals surface area (Å²) in [6.07, 6.45) is -4.68. The molecule has 0 fully saturated rings. The van der Waals surface area contributed by atoms with Crippen LogP contribution in [0.25, 0.3) is 0 Å². The van der Waals surface area contributed by atoms with E-state index >= 15 is 0 Å². The van der Waals surface area contributed by atoms with Crippen LogP contribution in [0.15, 0.2) is 4.52 Å². The Labute approximate surface area is 110 Å². The van der Waals surface area contributed by atoms with E-state index in [1.165, 1.54) is 0 Å². The normalized spacial score (nSPS) is 14.7. The number of nitrogens with zero attached hydrogens (tertiary/aromatic N) is 2. The quantitative estimate of drug-likeness (QED) is 0.899. The zero-order valence-electron chi connectivity index (χ0n) is 11.4. The molecule has 110 valence electrons. The molecule has 7 heteroatoms.